The van der Waals surface area contributed by atoms with Gasteiger partial charge in [-0.3, -0.25) is 4.79 Å². The summed E-state index contributed by atoms with van der Waals surface area (Å²) < 4.78 is 24.4. The number of hydrogen-bond acceptors (Lipinski definition) is 4. The maximum Gasteiger partial charge on any atom is 0.228 e. The first-order chi connectivity index (χ1) is 15.5. The number of carbonyl (C=O) groups is 1. The van der Waals surface area contributed by atoms with E-state index < -0.39 is 0 Å². The van der Waals surface area contributed by atoms with Crippen LogP contribution in [0.15, 0.2) is 36.2 Å². The zero-order chi connectivity index (χ0) is 22.2. The molecule has 1 spiro atoms. The third-order valence-electron chi connectivity index (χ3n) is 8.69. The second kappa shape index (κ2) is 8.45. The van der Waals surface area contributed by atoms with Gasteiger partial charge in [-0.15, -0.1) is 0 Å². The maximum atomic E-state index is 13.5. The maximum absolute atomic E-state index is 13.5. The Labute approximate surface area is 190 Å². The first-order valence-electron chi connectivity index (χ1n) is 12.2. The summed E-state index contributed by atoms with van der Waals surface area (Å²) >= 11 is 0. The van der Waals surface area contributed by atoms with Crippen molar-refractivity contribution in [3.63, 3.8) is 0 Å². The number of ether oxygens (including phenoxy) is 2. The van der Waals surface area contributed by atoms with Gasteiger partial charge < -0.3 is 20.1 Å². The number of amides is 1. The summed E-state index contributed by atoms with van der Waals surface area (Å²) in [4.78, 5) is 15.5. The van der Waals surface area contributed by atoms with E-state index in [-0.39, 0.29) is 29.6 Å². The molecular weight excluding hydrogens is 407 g/mol. The fraction of sp³-hybridized carbons (Fsp3) is 0.654. The number of carbonyl (C=O) groups excluding carboxylic acids is 1. The number of benzene rings is 1. The van der Waals surface area contributed by atoms with E-state index in [9.17, 15) is 9.18 Å². The second-order valence-corrected chi connectivity index (χ2v) is 10.5. The van der Waals surface area contributed by atoms with Crippen molar-refractivity contribution in [2.75, 3.05) is 32.8 Å². The summed E-state index contributed by atoms with van der Waals surface area (Å²) in [6, 6.07) is 8.25. The van der Waals surface area contributed by atoms with Crippen molar-refractivity contribution in [3.05, 3.63) is 41.7 Å². The highest BCUT2D eigenvalue weighted by atomic mass is 19.1. The number of nitrogens with zero attached hydrogens (tertiary/aromatic N) is 1. The molecule has 0 aromatic heterocycles. The molecule has 1 aromatic rings. The molecule has 2 bridgehead atoms. The van der Waals surface area contributed by atoms with E-state index in [1.54, 1.807) is 0 Å². The van der Waals surface area contributed by atoms with Crippen LogP contribution in [0.1, 0.15) is 63.4 Å². The summed E-state index contributed by atoms with van der Waals surface area (Å²) in [5.74, 6) is 1.11. The van der Waals surface area contributed by atoms with Gasteiger partial charge in [0.2, 0.25) is 5.91 Å². The van der Waals surface area contributed by atoms with Gasteiger partial charge in [0.25, 0.3) is 0 Å². The first-order valence-corrected chi connectivity index (χ1v) is 12.2. The predicted molar refractivity (Wildman–Crippen MR) is 121 cm³/mol. The largest absolute Gasteiger partial charge is 0.489 e. The Balaban J connectivity index is 1.19. The van der Waals surface area contributed by atoms with Gasteiger partial charge in [-0.1, -0.05) is 12.1 Å². The van der Waals surface area contributed by atoms with Crippen LogP contribution in [0, 0.1) is 5.41 Å². The Hall–Kier alpha value is -1.92. The lowest BCUT2D eigenvalue weighted by Gasteiger charge is -2.58. The van der Waals surface area contributed by atoms with Crippen LogP contribution in [0.25, 0.3) is 0 Å². The molecule has 32 heavy (non-hydrogen) atoms. The lowest BCUT2D eigenvalue weighted by atomic mass is 9.51. The van der Waals surface area contributed by atoms with Crippen molar-refractivity contribution < 1.29 is 18.7 Å². The molecule has 6 rings (SSSR count). The lowest BCUT2D eigenvalue weighted by Crippen LogP contribution is -2.68. The molecule has 5 fully saturated rings. The molecule has 0 atom stereocenters. The number of hydrogen-bond donors (Lipinski definition) is 1. The summed E-state index contributed by atoms with van der Waals surface area (Å²) in [5, 5.41) is 0. The number of nitrogens with two attached hydrogens (primary N) is 1. The standard InChI is InChI=1S/C26H35FN2O3/c27-15-20(16-28)17-31-22-5-3-21(4-6-22)24-8-11-25(12-9-24,13-10-24)23(30)29-18-26(19-29)7-1-2-14-32-26/h3-6,15H,1-2,7-14,16-19,28H2. The predicted octanol–water partition coefficient (Wildman–Crippen LogP) is 4.25. The highest BCUT2D eigenvalue weighted by molar-refractivity contribution is 5.84. The van der Waals surface area contributed by atoms with Gasteiger partial charge in [0.05, 0.1) is 19.4 Å². The van der Waals surface area contributed by atoms with Gasteiger partial charge in [0, 0.05) is 24.1 Å². The number of fused-ring (bicyclic) bond motifs is 3. The van der Waals surface area contributed by atoms with Gasteiger partial charge in [0.15, 0.2) is 0 Å². The highest BCUT2D eigenvalue weighted by Crippen LogP contribution is 2.59. The first kappa shape index (κ1) is 21.9. The van der Waals surface area contributed by atoms with Crippen LogP contribution in [-0.2, 0) is 14.9 Å². The van der Waals surface area contributed by atoms with Crippen LogP contribution >= 0.6 is 0 Å². The summed E-state index contributed by atoms with van der Waals surface area (Å²) in [7, 11) is 0. The number of rotatable bonds is 6. The zero-order valence-electron chi connectivity index (χ0n) is 18.9. The quantitative estimate of drug-likeness (QED) is 0.715. The highest BCUT2D eigenvalue weighted by Gasteiger charge is 2.57. The molecule has 174 valence electrons. The Morgan fingerprint density at radius 3 is 2.31 bits per heavy atom. The molecule has 0 radical (unpaired) electrons. The van der Waals surface area contributed by atoms with Gasteiger partial charge in [-0.2, -0.15) is 0 Å². The molecule has 1 aromatic carbocycles. The van der Waals surface area contributed by atoms with E-state index in [4.69, 9.17) is 15.2 Å². The molecule has 2 heterocycles. The van der Waals surface area contributed by atoms with Crippen LogP contribution in [-0.4, -0.2) is 49.3 Å². The summed E-state index contributed by atoms with van der Waals surface area (Å²) in [6.07, 6.45) is 10.1. The lowest BCUT2D eigenvalue weighted by molar-refractivity contribution is -0.192. The number of likely N-dealkylation sites (tertiary alicyclic amines) is 1. The van der Waals surface area contributed by atoms with E-state index in [0.717, 1.165) is 76.8 Å². The van der Waals surface area contributed by atoms with Crippen LogP contribution < -0.4 is 10.5 Å². The molecule has 2 aliphatic heterocycles. The van der Waals surface area contributed by atoms with Crippen molar-refractivity contribution in [1.82, 2.24) is 4.90 Å². The van der Waals surface area contributed by atoms with Gasteiger partial charge >= 0.3 is 0 Å². The SMILES string of the molecule is NCC(=CF)COc1ccc(C23CCC(C(=O)N4CC5(CCCCO5)C4)(CC2)CC3)cc1. The molecule has 5 nitrogen and oxygen atoms in total. The smallest absolute Gasteiger partial charge is 0.228 e. The molecular formula is C26H35FN2O3. The average Bonchev–Trinajstić information content (AvgIpc) is 2.84. The molecule has 0 unspecified atom stereocenters. The minimum Gasteiger partial charge on any atom is -0.489 e. The molecule has 6 heteroatoms. The third kappa shape index (κ3) is 3.75. The van der Waals surface area contributed by atoms with Crippen LogP contribution in [0.3, 0.4) is 0 Å². The van der Waals surface area contributed by atoms with Gasteiger partial charge in [0.1, 0.15) is 18.0 Å². The van der Waals surface area contributed by atoms with E-state index in [1.165, 1.54) is 12.0 Å². The Morgan fingerprint density at radius 2 is 1.75 bits per heavy atom. The summed E-state index contributed by atoms with van der Waals surface area (Å²) in [5.41, 5.74) is 7.25. The topological polar surface area (TPSA) is 64.8 Å². The minimum absolute atomic E-state index is 0.0353. The Bertz CT molecular complexity index is 843. The monoisotopic (exact) mass is 442 g/mol. The van der Waals surface area contributed by atoms with Crippen molar-refractivity contribution >= 4 is 5.91 Å². The molecule has 3 saturated carbocycles. The molecule has 1 amide bonds. The Kier molecular flexibility index (Phi) is 5.79. The molecule has 3 aliphatic carbocycles. The van der Waals surface area contributed by atoms with E-state index in [0.29, 0.717) is 17.8 Å². The van der Waals surface area contributed by atoms with Crippen molar-refractivity contribution in [2.45, 2.75) is 68.8 Å². The van der Waals surface area contributed by atoms with Crippen molar-refractivity contribution in [1.29, 1.82) is 0 Å². The van der Waals surface area contributed by atoms with E-state index in [1.807, 2.05) is 12.1 Å². The van der Waals surface area contributed by atoms with Gasteiger partial charge in [-0.05, 0) is 80.9 Å². The second-order valence-electron chi connectivity index (χ2n) is 10.5. The number of halogens is 1. The molecule has 2 saturated heterocycles. The van der Waals surface area contributed by atoms with Crippen LogP contribution in [0.4, 0.5) is 4.39 Å². The van der Waals surface area contributed by atoms with E-state index >= 15 is 0 Å². The van der Waals surface area contributed by atoms with Crippen LogP contribution in [0.2, 0.25) is 0 Å². The fourth-order valence-corrected chi connectivity index (χ4v) is 6.44. The van der Waals surface area contributed by atoms with E-state index in [2.05, 4.69) is 17.0 Å². The van der Waals surface area contributed by atoms with Crippen molar-refractivity contribution in [3.8, 4) is 5.75 Å². The normalized spacial score (nSPS) is 31.4. The molecule has 5 aliphatic rings. The van der Waals surface area contributed by atoms with Crippen LogP contribution in [0.5, 0.6) is 5.75 Å². The fourth-order valence-electron chi connectivity index (χ4n) is 6.44. The minimum atomic E-state index is -0.154. The van der Waals surface area contributed by atoms with Gasteiger partial charge in [-0.25, -0.2) is 4.39 Å². The zero-order valence-corrected chi connectivity index (χ0v) is 18.9. The Morgan fingerprint density at radius 1 is 1.06 bits per heavy atom. The summed E-state index contributed by atoms with van der Waals surface area (Å²) in [6.45, 7) is 2.77. The third-order valence-corrected chi connectivity index (χ3v) is 8.69. The molecule has 2 N–H and O–H groups in total. The average molecular weight is 443 g/mol. The van der Waals surface area contributed by atoms with Crippen molar-refractivity contribution in [2.24, 2.45) is 11.1 Å².